The van der Waals surface area contributed by atoms with Crippen molar-refractivity contribution in [2.45, 2.75) is 25.4 Å². The molecule has 1 amide bonds. The predicted octanol–water partition coefficient (Wildman–Crippen LogP) is 0.862. The molecule has 0 radical (unpaired) electrons. The molecule has 0 spiro atoms. The van der Waals surface area contributed by atoms with Gasteiger partial charge in [-0.1, -0.05) is 12.1 Å². The molecule has 5 N–H and O–H groups in total. The van der Waals surface area contributed by atoms with Crippen LogP contribution in [0.25, 0.3) is 0 Å². The zero-order valence-electron chi connectivity index (χ0n) is 11.2. The summed E-state index contributed by atoms with van der Waals surface area (Å²) in [5.41, 5.74) is 6.78. The monoisotopic (exact) mass is 274 g/mol. The van der Waals surface area contributed by atoms with E-state index < -0.39 is 6.04 Å². The number of phenols is 1. The Morgan fingerprint density at radius 2 is 2.15 bits per heavy atom. The second kappa shape index (κ2) is 6.21. The lowest BCUT2D eigenvalue weighted by Gasteiger charge is -2.16. The van der Waals surface area contributed by atoms with Gasteiger partial charge in [0.15, 0.2) is 0 Å². The topological polar surface area (TPSA) is 104 Å². The number of aromatic hydroxyl groups is 1. The first-order chi connectivity index (χ1) is 9.56. The third-order valence-electron chi connectivity index (χ3n) is 3.02. The van der Waals surface area contributed by atoms with E-state index in [9.17, 15) is 9.90 Å². The van der Waals surface area contributed by atoms with Crippen LogP contribution in [0.15, 0.2) is 36.7 Å². The predicted molar refractivity (Wildman–Crippen MR) is 74.9 cm³/mol. The number of nitrogens with one attached hydrogen (secondary N) is 2. The van der Waals surface area contributed by atoms with Crippen LogP contribution < -0.4 is 11.1 Å². The van der Waals surface area contributed by atoms with Gasteiger partial charge < -0.3 is 21.1 Å². The van der Waals surface area contributed by atoms with Gasteiger partial charge in [0.05, 0.1) is 12.1 Å². The second-order valence-electron chi connectivity index (χ2n) is 4.68. The number of rotatable bonds is 5. The van der Waals surface area contributed by atoms with E-state index in [1.165, 1.54) is 0 Å². The highest BCUT2D eigenvalue weighted by molar-refractivity contribution is 5.82. The molecule has 0 aliphatic heterocycles. The van der Waals surface area contributed by atoms with Crippen molar-refractivity contribution in [3.8, 4) is 5.75 Å². The molecule has 0 fully saturated rings. The summed E-state index contributed by atoms with van der Waals surface area (Å²) in [6.07, 6.45) is 3.75. The van der Waals surface area contributed by atoms with Crippen molar-refractivity contribution >= 4 is 5.91 Å². The molecule has 0 aliphatic rings. The first-order valence-corrected chi connectivity index (χ1v) is 6.39. The van der Waals surface area contributed by atoms with E-state index in [0.29, 0.717) is 12.2 Å². The highest BCUT2D eigenvalue weighted by Crippen LogP contribution is 2.11. The normalized spacial score (nSPS) is 13.7. The summed E-state index contributed by atoms with van der Waals surface area (Å²) in [5.74, 6) is 0.648. The number of nitrogens with zero attached hydrogens (tertiary/aromatic N) is 1. The van der Waals surface area contributed by atoms with Gasteiger partial charge >= 0.3 is 0 Å². The van der Waals surface area contributed by atoms with Gasteiger partial charge in [-0.05, 0) is 31.0 Å². The zero-order valence-corrected chi connectivity index (χ0v) is 11.2. The van der Waals surface area contributed by atoms with Crippen LogP contribution in [0.2, 0.25) is 0 Å². The molecule has 0 saturated carbocycles. The van der Waals surface area contributed by atoms with E-state index in [2.05, 4.69) is 15.3 Å². The van der Waals surface area contributed by atoms with Crippen LogP contribution in [0.4, 0.5) is 0 Å². The fourth-order valence-electron chi connectivity index (χ4n) is 1.88. The van der Waals surface area contributed by atoms with E-state index in [4.69, 9.17) is 5.73 Å². The number of aromatic amines is 1. The third kappa shape index (κ3) is 3.58. The number of phenolic OH excluding ortho intramolecular Hbond substituents is 1. The van der Waals surface area contributed by atoms with Crippen molar-refractivity contribution in [1.29, 1.82) is 0 Å². The van der Waals surface area contributed by atoms with Crippen molar-refractivity contribution in [2.24, 2.45) is 5.73 Å². The van der Waals surface area contributed by atoms with E-state index in [1.807, 2.05) is 6.92 Å². The number of aromatic nitrogens is 2. The summed E-state index contributed by atoms with van der Waals surface area (Å²) in [6.45, 7) is 1.84. The summed E-state index contributed by atoms with van der Waals surface area (Å²) >= 11 is 0. The van der Waals surface area contributed by atoms with Crippen LogP contribution in [0.3, 0.4) is 0 Å². The van der Waals surface area contributed by atoms with Crippen LogP contribution in [0.5, 0.6) is 5.75 Å². The summed E-state index contributed by atoms with van der Waals surface area (Å²) in [6, 6.07) is 5.79. The molecule has 6 nitrogen and oxygen atoms in total. The van der Waals surface area contributed by atoms with E-state index in [0.717, 1.165) is 5.56 Å². The average Bonchev–Trinajstić information content (AvgIpc) is 2.95. The molecule has 6 heteroatoms. The lowest BCUT2D eigenvalue weighted by atomic mass is 10.1. The van der Waals surface area contributed by atoms with Crippen LogP contribution >= 0.6 is 0 Å². The summed E-state index contributed by atoms with van der Waals surface area (Å²) in [5, 5.41) is 12.0. The number of hydrogen-bond donors (Lipinski definition) is 4. The maximum absolute atomic E-state index is 12.0. The van der Waals surface area contributed by atoms with Gasteiger partial charge in [-0.3, -0.25) is 4.79 Å². The van der Waals surface area contributed by atoms with Crippen LogP contribution in [-0.4, -0.2) is 27.0 Å². The Hall–Kier alpha value is -2.34. The molecule has 0 saturated heterocycles. The minimum Gasteiger partial charge on any atom is -0.508 e. The highest BCUT2D eigenvalue weighted by Gasteiger charge is 2.18. The number of amides is 1. The van der Waals surface area contributed by atoms with E-state index >= 15 is 0 Å². The third-order valence-corrected chi connectivity index (χ3v) is 3.02. The highest BCUT2D eigenvalue weighted by atomic mass is 16.3. The lowest BCUT2D eigenvalue weighted by molar-refractivity contribution is -0.123. The first kappa shape index (κ1) is 14.1. The van der Waals surface area contributed by atoms with Gasteiger partial charge in [0.2, 0.25) is 5.91 Å². The largest absolute Gasteiger partial charge is 0.508 e. The molecule has 0 aliphatic carbocycles. The Bertz CT molecular complexity index is 551. The molecule has 1 heterocycles. The SMILES string of the molecule is CC(NC(=O)C(N)Cc1ccc(O)cc1)c1ncc[nH]1. The fraction of sp³-hybridized carbons (Fsp3) is 0.286. The van der Waals surface area contributed by atoms with Crippen LogP contribution in [0.1, 0.15) is 24.4 Å². The van der Waals surface area contributed by atoms with Crippen LogP contribution in [-0.2, 0) is 11.2 Å². The number of nitrogens with two attached hydrogens (primary N) is 1. The zero-order chi connectivity index (χ0) is 14.5. The molecule has 2 atom stereocenters. The number of H-pyrrole nitrogens is 1. The minimum absolute atomic E-state index is 0.193. The van der Waals surface area contributed by atoms with Crippen molar-refractivity contribution in [3.63, 3.8) is 0 Å². The average molecular weight is 274 g/mol. The number of imidazole rings is 1. The molecule has 0 bridgehead atoms. The Labute approximate surface area is 117 Å². The smallest absolute Gasteiger partial charge is 0.237 e. The first-order valence-electron chi connectivity index (χ1n) is 6.39. The van der Waals surface area contributed by atoms with Gasteiger partial charge in [-0.25, -0.2) is 4.98 Å². The molecule has 2 unspecified atom stereocenters. The Balaban J connectivity index is 1.90. The summed E-state index contributed by atoms with van der Waals surface area (Å²) in [4.78, 5) is 19.0. The standard InChI is InChI=1S/C14H18N4O2/c1-9(13-16-6-7-17-13)18-14(20)12(15)8-10-2-4-11(19)5-3-10/h2-7,9,12,19H,8,15H2,1H3,(H,16,17)(H,18,20). The quantitative estimate of drug-likeness (QED) is 0.649. The molecule has 1 aromatic heterocycles. The van der Waals surface area contributed by atoms with E-state index in [1.54, 1.807) is 36.7 Å². The van der Waals surface area contributed by atoms with Crippen molar-refractivity contribution in [1.82, 2.24) is 15.3 Å². The van der Waals surface area contributed by atoms with Gasteiger partial charge in [0.1, 0.15) is 11.6 Å². The molecule has 20 heavy (non-hydrogen) atoms. The van der Waals surface area contributed by atoms with Crippen molar-refractivity contribution < 1.29 is 9.90 Å². The van der Waals surface area contributed by atoms with Gasteiger partial charge in [-0.15, -0.1) is 0 Å². The van der Waals surface area contributed by atoms with E-state index in [-0.39, 0.29) is 17.7 Å². The maximum Gasteiger partial charge on any atom is 0.237 e. The van der Waals surface area contributed by atoms with Crippen molar-refractivity contribution in [3.05, 3.63) is 48.0 Å². The second-order valence-corrected chi connectivity index (χ2v) is 4.68. The van der Waals surface area contributed by atoms with Crippen molar-refractivity contribution in [2.75, 3.05) is 0 Å². The minimum atomic E-state index is -0.642. The lowest BCUT2D eigenvalue weighted by Crippen LogP contribution is -2.43. The van der Waals surface area contributed by atoms with Gasteiger partial charge in [0, 0.05) is 12.4 Å². The molecular weight excluding hydrogens is 256 g/mol. The summed E-state index contributed by atoms with van der Waals surface area (Å²) in [7, 11) is 0. The number of hydrogen-bond acceptors (Lipinski definition) is 4. The molecule has 2 rings (SSSR count). The fourth-order valence-corrected chi connectivity index (χ4v) is 1.88. The summed E-state index contributed by atoms with van der Waals surface area (Å²) < 4.78 is 0. The molecular formula is C14H18N4O2. The Morgan fingerprint density at radius 1 is 1.45 bits per heavy atom. The maximum atomic E-state index is 12.0. The molecule has 1 aromatic carbocycles. The van der Waals surface area contributed by atoms with Crippen LogP contribution in [0, 0.1) is 0 Å². The van der Waals surface area contributed by atoms with Gasteiger partial charge in [0.25, 0.3) is 0 Å². The molecule has 2 aromatic rings. The molecule has 106 valence electrons. The Kier molecular flexibility index (Phi) is 4.37. The Morgan fingerprint density at radius 3 is 2.75 bits per heavy atom. The van der Waals surface area contributed by atoms with Gasteiger partial charge in [-0.2, -0.15) is 0 Å². The number of carbonyl (C=O) groups excluding carboxylic acids is 1. The number of carbonyl (C=O) groups is 1. The number of benzene rings is 1.